The highest BCUT2D eigenvalue weighted by Crippen LogP contribution is 2.28. The number of hydrogen-bond acceptors (Lipinski definition) is 2. The molecule has 106 valence electrons. The van der Waals surface area contributed by atoms with Crippen LogP contribution < -0.4 is 0 Å². The quantitative estimate of drug-likeness (QED) is 0.758. The Balaban J connectivity index is 2.70. The lowest BCUT2D eigenvalue weighted by atomic mass is 10.0. The van der Waals surface area contributed by atoms with E-state index in [9.17, 15) is 4.79 Å². The topological polar surface area (TPSA) is 31.2 Å². The van der Waals surface area contributed by atoms with Crippen LogP contribution in [0.25, 0.3) is 10.9 Å². The summed E-state index contributed by atoms with van der Waals surface area (Å²) in [6.45, 7) is 5.98. The van der Waals surface area contributed by atoms with Crippen LogP contribution in [0.15, 0.2) is 36.9 Å². The number of nitrogens with zero attached hydrogens (tertiary/aromatic N) is 1. The van der Waals surface area contributed by atoms with E-state index in [0.29, 0.717) is 0 Å². The molecular formula is C17H21NO2. The molecule has 0 unspecified atom stereocenters. The average Bonchev–Trinajstić information content (AvgIpc) is 2.79. The Kier molecular flexibility index (Phi) is 4.61. The zero-order chi connectivity index (χ0) is 14.5. The molecule has 1 aromatic heterocycles. The summed E-state index contributed by atoms with van der Waals surface area (Å²) in [7, 11) is 1.42. The Bertz CT molecular complexity index is 625. The van der Waals surface area contributed by atoms with Gasteiger partial charge >= 0.3 is 6.09 Å². The highest BCUT2D eigenvalue weighted by Gasteiger charge is 2.20. The van der Waals surface area contributed by atoms with Crippen LogP contribution in [0, 0.1) is 0 Å². The number of fused-ring (bicyclic) bond motifs is 1. The summed E-state index contributed by atoms with van der Waals surface area (Å²) in [5, 5.41) is 1.11. The predicted molar refractivity (Wildman–Crippen MR) is 82.3 cm³/mol. The molecule has 2 rings (SSSR count). The molecule has 0 fully saturated rings. The standard InChI is InChI=1S/C17H21NO2/c1-4-6-11-15-13(9-5-2)14-10-7-8-12-16(14)18(15)17(19)20-3/h5,7-8,10,12H,2,4,6,9,11H2,1,3H3. The van der Waals surface area contributed by atoms with Gasteiger partial charge in [0.25, 0.3) is 0 Å². The predicted octanol–water partition coefficient (Wildman–Crippen LogP) is 4.33. The van der Waals surface area contributed by atoms with E-state index >= 15 is 0 Å². The summed E-state index contributed by atoms with van der Waals surface area (Å²) >= 11 is 0. The molecule has 0 atom stereocenters. The zero-order valence-corrected chi connectivity index (χ0v) is 12.2. The van der Waals surface area contributed by atoms with Gasteiger partial charge in [-0.25, -0.2) is 9.36 Å². The number of benzene rings is 1. The van der Waals surface area contributed by atoms with Crippen molar-refractivity contribution in [3.63, 3.8) is 0 Å². The molecule has 1 aromatic carbocycles. The summed E-state index contributed by atoms with van der Waals surface area (Å²) in [6, 6.07) is 7.97. The van der Waals surface area contributed by atoms with Gasteiger partial charge in [0.1, 0.15) is 0 Å². The third-order valence-electron chi connectivity index (χ3n) is 3.56. The SMILES string of the molecule is C=CCc1c(CCCC)n(C(=O)OC)c2ccccc12. The Morgan fingerprint density at radius 1 is 1.40 bits per heavy atom. The van der Waals surface area contributed by atoms with E-state index in [2.05, 4.69) is 19.6 Å². The molecule has 0 amide bonds. The number of methoxy groups -OCH3 is 1. The van der Waals surface area contributed by atoms with E-state index in [-0.39, 0.29) is 6.09 Å². The maximum atomic E-state index is 12.1. The van der Waals surface area contributed by atoms with Crippen molar-refractivity contribution >= 4 is 17.0 Å². The smallest absolute Gasteiger partial charge is 0.418 e. The van der Waals surface area contributed by atoms with Gasteiger partial charge < -0.3 is 4.74 Å². The van der Waals surface area contributed by atoms with Crippen LogP contribution >= 0.6 is 0 Å². The van der Waals surface area contributed by atoms with Crippen LogP contribution in [0.4, 0.5) is 4.79 Å². The first-order valence-electron chi connectivity index (χ1n) is 7.05. The van der Waals surface area contributed by atoms with Gasteiger partial charge in [0.2, 0.25) is 0 Å². The largest absolute Gasteiger partial charge is 0.452 e. The number of carbonyl (C=O) groups is 1. The fraction of sp³-hybridized carbons (Fsp3) is 0.353. The minimum Gasteiger partial charge on any atom is -0.452 e. The number of hydrogen-bond donors (Lipinski definition) is 0. The molecular weight excluding hydrogens is 250 g/mol. The molecule has 3 heteroatoms. The highest BCUT2D eigenvalue weighted by molar-refractivity contribution is 5.93. The van der Waals surface area contributed by atoms with Crippen LogP contribution in [-0.2, 0) is 17.6 Å². The van der Waals surface area contributed by atoms with Gasteiger partial charge in [0, 0.05) is 11.1 Å². The van der Waals surface area contributed by atoms with E-state index in [1.54, 1.807) is 4.57 Å². The molecule has 0 radical (unpaired) electrons. The van der Waals surface area contributed by atoms with Gasteiger partial charge in [0.05, 0.1) is 12.6 Å². The van der Waals surface area contributed by atoms with Crippen molar-refractivity contribution in [2.45, 2.75) is 32.6 Å². The number of para-hydroxylation sites is 1. The molecule has 0 saturated heterocycles. The molecule has 3 nitrogen and oxygen atoms in total. The number of allylic oxidation sites excluding steroid dienone is 1. The van der Waals surface area contributed by atoms with E-state index in [1.165, 1.54) is 12.7 Å². The van der Waals surface area contributed by atoms with E-state index in [4.69, 9.17) is 4.74 Å². The number of rotatable bonds is 5. The fourth-order valence-electron chi connectivity index (χ4n) is 2.64. The Morgan fingerprint density at radius 2 is 2.15 bits per heavy atom. The molecule has 0 aliphatic carbocycles. The van der Waals surface area contributed by atoms with Crippen molar-refractivity contribution in [2.24, 2.45) is 0 Å². The lowest BCUT2D eigenvalue weighted by molar-refractivity contribution is 0.173. The van der Waals surface area contributed by atoms with Crippen molar-refractivity contribution in [2.75, 3.05) is 7.11 Å². The lowest BCUT2D eigenvalue weighted by Gasteiger charge is -2.09. The van der Waals surface area contributed by atoms with Gasteiger partial charge in [-0.05, 0) is 30.9 Å². The minimum absolute atomic E-state index is 0.317. The summed E-state index contributed by atoms with van der Waals surface area (Å²) in [5.74, 6) is 0. The van der Waals surface area contributed by atoms with E-state index in [1.807, 2.05) is 24.3 Å². The first-order chi connectivity index (χ1) is 9.74. The van der Waals surface area contributed by atoms with Crippen LogP contribution in [-0.4, -0.2) is 17.8 Å². The monoisotopic (exact) mass is 271 g/mol. The van der Waals surface area contributed by atoms with Crippen molar-refractivity contribution < 1.29 is 9.53 Å². The van der Waals surface area contributed by atoms with Crippen LogP contribution in [0.5, 0.6) is 0 Å². The van der Waals surface area contributed by atoms with Gasteiger partial charge in [0.15, 0.2) is 0 Å². The maximum Gasteiger partial charge on any atom is 0.418 e. The normalized spacial score (nSPS) is 10.7. The highest BCUT2D eigenvalue weighted by atomic mass is 16.5. The Hall–Kier alpha value is -2.03. The molecule has 0 N–H and O–H groups in total. The Morgan fingerprint density at radius 3 is 2.80 bits per heavy atom. The van der Waals surface area contributed by atoms with E-state index in [0.717, 1.165) is 42.3 Å². The molecule has 0 aliphatic rings. The maximum absolute atomic E-state index is 12.1. The summed E-state index contributed by atoms with van der Waals surface area (Å²) in [4.78, 5) is 12.1. The lowest BCUT2D eigenvalue weighted by Crippen LogP contribution is -2.15. The number of carbonyl (C=O) groups excluding carboxylic acids is 1. The van der Waals surface area contributed by atoms with Crippen LogP contribution in [0.3, 0.4) is 0 Å². The van der Waals surface area contributed by atoms with Crippen molar-refractivity contribution in [3.05, 3.63) is 48.2 Å². The second-order valence-electron chi connectivity index (χ2n) is 4.84. The van der Waals surface area contributed by atoms with E-state index < -0.39 is 0 Å². The first-order valence-corrected chi connectivity index (χ1v) is 7.05. The molecule has 20 heavy (non-hydrogen) atoms. The third-order valence-corrected chi connectivity index (χ3v) is 3.56. The second kappa shape index (κ2) is 6.42. The van der Waals surface area contributed by atoms with Gasteiger partial charge in [-0.3, -0.25) is 0 Å². The Labute approximate surface area is 119 Å². The number of unbranched alkanes of at least 4 members (excludes halogenated alkanes) is 1. The first kappa shape index (κ1) is 14.4. The molecule has 0 spiro atoms. The van der Waals surface area contributed by atoms with Crippen molar-refractivity contribution in [3.8, 4) is 0 Å². The third kappa shape index (κ3) is 2.48. The summed E-state index contributed by atoms with van der Waals surface area (Å²) in [6.07, 6.45) is 5.36. The molecule has 0 bridgehead atoms. The van der Waals surface area contributed by atoms with Gasteiger partial charge in [-0.15, -0.1) is 6.58 Å². The molecule has 2 aromatic rings. The van der Waals surface area contributed by atoms with Crippen molar-refractivity contribution in [1.82, 2.24) is 4.57 Å². The fourth-order valence-corrected chi connectivity index (χ4v) is 2.64. The molecule has 0 saturated carbocycles. The van der Waals surface area contributed by atoms with Crippen LogP contribution in [0.1, 0.15) is 31.0 Å². The minimum atomic E-state index is -0.317. The van der Waals surface area contributed by atoms with Gasteiger partial charge in [-0.2, -0.15) is 0 Å². The summed E-state index contributed by atoms with van der Waals surface area (Å²) in [5.41, 5.74) is 3.16. The van der Waals surface area contributed by atoms with Crippen molar-refractivity contribution in [1.29, 1.82) is 0 Å². The number of ether oxygens (including phenoxy) is 1. The molecule has 1 heterocycles. The van der Waals surface area contributed by atoms with Gasteiger partial charge in [-0.1, -0.05) is 37.6 Å². The van der Waals surface area contributed by atoms with Crippen LogP contribution in [0.2, 0.25) is 0 Å². The second-order valence-corrected chi connectivity index (χ2v) is 4.84. The zero-order valence-electron chi connectivity index (χ0n) is 12.2. The number of aromatic nitrogens is 1. The molecule has 0 aliphatic heterocycles. The summed E-state index contributed by atoms with van der Waals surface area (Å²) < 4.78 is 6.67. The average molecular weight is 271 g/mol.